The first kappa shape index (κ1) is 21.0. The summed E-state index contributed by atoms with van der Waals surface area (Å²) in [6.07, 6.45) is -4.74. The van der Waals surface area contributed by atoms with Gasteiger partial charge in [-0.05, 0) is 26.0 Å². The molecule has 0 aliphatic rings. The number of aromatic hydroxyl groups is 1. The van der Waals surface area contributed by atoms with E-state index < -0.39 is 34.9 Å². The molecule has 1 aromatic carbocycles. The Hall–Kier alpha value is -0.990. The van der Waals surface area contributed by atoms with Gasteiger partial charge in [-0.2, -0.15) is 13.2 Å². The number of phenols is 1. The second-order valence-corrected chi connectivity index (χ2v) is 6.00. The lowest BCUT2D eigenvalue weighted by Gasteiger charge is -2.30. The van der Waals surface area contributed by atoms with Crippen LogP contribution >= 0.6 is 28.3 Å². The average molecular weight is 407 g/mol. The molecule has 1 rings (SSSR count). The van der Waals surface area contributed by atoms with Crippen molar-refractivity contribution >= 4 is 34.3 Å². The third-order valence-electron chi connectivity index (χ3n) is 3.23. The zero-order valence-electron chi connectivity index (χ0n) is 12.0. The van der Waals surface area contributed by atoms with Gasteiger partial charge in [-0.1, -0.05) is 15.9 Å². The Balaban J connectivity index is 0.00000441. The highest BCUT2D eigenvalue weighted by molar-refractivity contribution is 9.10. The second-order valence-electron chi connectivity index (χ2n) is 5.08. The lowest BCUT2D eigenvalue weighted by molar-refractivity contribution is -0.152. The van der Waals surface area contributed by atoms with Crippen LogP contribution in [-0.4, -0.2) is 18.2 Å². The smallest absolute Gasteiger partial charge is 0.420 e. The number of ether oxygens (including phenoxy) is 1. The van der Waals surface area contributed by atoms with Crippen molar-refractivity contribution in [2.45, 2.75) is 26.1 Å². The summed E-state index contributed by atoms with van der Waals surface area (Å²) >= 11 is 2.95. The molecule has 0 saturated carbocycles. The van der Waals surface area contributed by atoms with Gasteiger partial charge < -0.3 is 15.6 Å². The molecule has 0 spiro atoms. The minimum atomic E-state index is -4.74. The van der Waals surface area contributed by atoms with Crippen LogP contribution < -0.4 is 5.73 Å². The summed E-state index contributed by atoms with van der Waals surface area (Å²) in [5.74, 6) is -1.68. The Labute approximate surface area is 140 Å². The molecule has 1 aromatic rings. The molecule has 4 nitrogen and oxygen atoms in total. The summed E-state index contributed by atoms with van der Waals surface area (Å²) in [6, 6.07) is 0.819. The fraction of sp³-hybridized carbons (Fsp3) is 0.462. The van der Waals surface area contributed by atoms with Gasteiger partial charge in [0.2, 0.25) is 0 Å². The second kappa shape index (κ2) is 7.06. The van der Waals surface area contributed by atoms with E-state index in [0.29, 0.717) is 0 Å². The number of halogens is 5. The fourth-order valence-corrected chi connectivity index (χ4v) is 2.33. The SMILES string of the molecule is COC(=O)C(C)(C)[C@H](N)c1cc(Br)cc(C(F)(F)F)c1O.Cl. The van der Waals surface area contributed by atoms with Crippen LogP contribution in [0, 0.1) is 5.41 Å². The number of carbonyl (C=O) groups excluding carboxylic acids is 1. The van der Waals surface area contributed by atoms with Crippen LogP contribution in [-0.2, 0) is 15.7 Å². The van der Waals surface area contributed by atoms with Crippen LogP contribution in [0.25, 0.3) is 0 Å². The van der Waals surface area contributed by atoms with Gasteiger partial charge >= 0.3 is 12.1 Å². The third kappa shape index (κ3) is 4.05. The largest absolute Gasteiger partial charge is 0.507 e. The van der Waals surface area contributed by atoms with Crippen molar-refractivity contribution in [3.05, 3.63) is 27.7 Å². The van der Waals surface area contributed by atoms with E-state index in [0.717, 1.165) is 13.2 Å². The number of methoxy groups -OCH3 is 1. The van der Waals surface area contributed by atoms with E-state index >= 15 is 0 Å². The molecule has 0 aliphatic heterocycles. The Bertz CT molecular complexity index is 564. The summed E-state index contributed by atoms with van der Waals surface area (Å²) in [4.78, 5) is 11.7. The molecule has 22 heavy (non-hydrogen) atoms. The molecule has 0 aliphatic carbocycles. The molecule has 0 heterocycles. The highest BCUT2D eigenvalue weighted by Crippen LogP contribution is 2.44. The maximum absolute atomic E-state index is 12.9. The summed E-state index contributed by atoms with van der Waals surface area (Å²) in [5, 5.41) is 9.86. The highest BCUT2D eigenvalue weighted by atomic mass is 79.9. The molecule has 1 atom stereocenters. The van der Waals surface area contributed by atoms with E-state index in [2.05, 4.69) is 20.7 Å². The quantitative estimate of drug-likeness (QED) is 0.749. The van der Waals surface area contributed by atoms with Gasteiger partial charge in [0.1, 0.15) is 5.75 Å². The Morgan fingerprint density at radius 2 is 1.86 bits per heavy atom. The first-order valence-corrected chi connectivity index (χ1v) is 6.65. The van der Waals surface area contributed by atoms with Crippen LogP contribution in [0.1, 0.15) is 31.0 Å². The molecular weight excluding hydrogens is 390 g/mol. The topological polar surface area (TPSA) is 72.5 Å². The maximum Gasteiger partial charge on any atom is 0.420 e. The van der Waals surface area contributed by atoms with E-state index in [1.165, 1.54) is 19.9 Å². The Morgan fingerprint density at radius 1 is 1.36 bits per heavy atom. The number of hydrogen-bond acceptors (Lipinski definition) is 4. The summed E-state index contributed by atoms with van der Waals surface area (Å²) < 4.78 is 43.3. The average Bonchev–Trinajstić information content (AvgIpc) is 2.37. The van der Waals surface area contributed by atoms with E-state index in [1.807, 2.05) is 0 Å². The zero-order chi connectivity index (χ0) is 16.6. The van der Waals surface area contributed by atoms with Crippen molar-refractivity contribution < 1.29 is 27.8 Å². The van der Waals surface area contributed by atoms with Gasteiger partial charge in [0.05, 0.1) is 18.1 Å². The van der Waals surface area contributed by atoms with Gasteiger partial charge in [-0.15, -0.1) is 12.4 Å². The number of benzene rings is 1. The number of esters is 1. The highest BCUT2D eigenvalue weighted by Gasteiger charge is 2.41. The van der Waals surface area contributed by atoms with Crippen molar-refractivity contribution in [2.75, 3.05) is 7.11 Å². The molecule has 0 unspecified atom stereocenters. The van der Waals surface area contributed by atoms with Crippen molar-refractivity contribution in [1.29, 1.82) is 0 Å². The molecule has 0 saturated heterocycles. The zero-order valence-corrected chi connectivity index (χ0v) is 14.4. The van der Waals surface area contributed by atoms with Crippen molar-refractivity contribution in [2.24, 2.45) is 11.1 Å². The van der Waals surface area contributed by atoms with Crippen LogP contribution in [0.4, 0.5) is 13.2 Å². The van der Waals surface area contributed by atoms with Crippen molar-refractivity contribution in [3.63, 3.8) is 0 Å². The molecular formula is C13H16BrClF3NO3. The molecule has 126 valence electrons. The predicted octanol–water partition coefficient (Wildman–Crippen LogP) is 3.79. The third-order valence-corrected chi connectivity index (χ3v) is 3.69. The molecule has 9 heteroatoms. The number of carbonyl (C=O) groups is 1. The summed E-state index contributed by atoms with van der Waals surface area (Å²) in [7, 11) is 1.15. The fourth-order valence-electron chi connectivity index (χ4n) is 1.85. The monoisotopic (exact) mass is 405 g/mol. The molecule has 0 amide bonds. The number of alkyl halides is 3. The standard InChI is InChI=1S/C13H15BrF3NO3.ClH/c1-12(2,11(20)21-3)10(18)7-4-6(14)5-8(9(7)19)13(15,16)17;/h4-5,10,19H,18H2,1-3H3;1H/t10-;/m1./s1. The van der Waals surface area contributed by atoms with Crippen molar-refractivity contribution in [3.8, 4) is 5.75 Å². The van der Waals surface area contributed by atoms with E-state index in [-0.39, 0.29) is 22.4 Å². The van der Waals surface area contributed by atoms with Crippen molar-refractivity contribution in [1.82, 2.24) is 0 Å². The Kier molecular flexibility index (Phi) is 6.74. The number of nitrogens with two attached hydrogens (primary N) is 1. The summed E-state index contributed by atoms with van der Waals surface area (Å²) in [5.41, 5.74) is 3.17. The van der Waals surface area contributed by atoms with Gasteiger partial charge in [0, 0.05) is 16.1 Å². The Morgan fingerprint density at radius 3 is 2.27 bits per heavy atom. The lowest BCUT2D eigenvalue weighted by Crippen LogP contribution is -2.37. The van der Waals surface area contributed by atoms with Gasteiger partial charge in [-0.25, -0.2) is 0 Å². The molecule has 0 radical (unpaired) electrons. The van der Waals surface area contributed by atoms with Gasteiger partial charge in [0.15, 0.2) is 0 Å². The predicted molar refractivity (Wildman–Crippen MR) is 80.8 cm³/mol. The number of phenolic OH excluding ortho intramolecular Hbond substituents is 1. The van der Waals surface area contributed by atoms with Gasteiger partial charge in [-0.3, -0.25) is 4.79 Å². The molecule has 3 N–H and O–H groups in total. The molecule has 0 bridgehead atoms. The van der Waals surface area contributed by atoms with E-state index in [1.54, 1.807) is 0 Å². The lowest BCUT2D eigenvalue weighted by atomic mass is 9.80. The summed E-state index contributed by atoms with van der Waals surface area (Å²) in [6.45, 7) is 2.86. The minimum absolute atomic E-state index is 0. The van der Waals surface area contributed by atoms with Crippen LogP contribution in [0.3, 0.4) is 0 Å². The number of rotatable bonds is 3. The minimum Gasteiger partial charge on any atom is -0.507 e. The first-order chi connectivity index (χ1) is 9.42. The van der Waals surface area contributed by atoms with Crippen LogP contribution in [0.5, 0.6) is 5.75 Å². The van der Waals surface area contributed by atoms with Crippen LogP contribution in [0.15, 0.2) is 16.6 Å². The van der Waals surface area contributed by atoms with E-state index in [4.69, 9.17) is 5.73 Å². The van der Waals surface area contributed by atoms with Crippen LogP contribution in [0.2, 0.25) is 0 Å². The normalized spacial score (nSPS) is 13.3. The molecule has 0 aromatic heterocycles. The molecule has 0 fully saturated rings. The number of hydrogen-bond donors (Lipinski definition) is 2. The first-order valence-electron chi connectivity index (χ1n) is 5.86. The maximum atomic E-state index is 12.9. The van der Waals surface area contributed by atoms with Gasteiger partial charge in [0.25, 0.3) is 0 Å². The van der Waals surface area contributed by atoms with E-state index in [9.17, 15) is 23.1 Å².